The van der Waals surface area contributed by atoms with E-state index in [9.17, 15) is 8.78 Å². The Balaban J connectivity index is 1.39. The van der Waals surface area contributed by atoms with Crippen molar-refractivity contribution >= 4 is 27.4 Å². The van der Waals surface area contributed by atoms with Crippen LogP contribution in [0.2, 0.25) is 0 Å². The quantitative estimate of drug-likeness (QED) is 0.639. The number of nitrogens with zero attached hydrogens (tertiary/aromatic N) is 3. The van der Waals surface area contributed by atoms with Gasteiger partial charge in [-0.15, -0.1) is 11.3 Å². The van der Waals surface area contributed by atoms with Crippen LogP contribution in [0.15, 0.2) is 30.6 Å². The van der Waals surface area contributed by atoms with Crippen molar-refractivity contribution in [2.24, 2.45) is 0 Å². The van der Waals surface area contributed by atoms with Crippen molar-refractivity contribution in [3.05, 3.63) is 52.7 Å². The number of aromatic nitrogens is 2. The lowest BCUT2D eigenvalue weighted by Gasteiger charge is -2.32. The van der Waals surface area contributed by atoms with Crippen LogP contribution in [-0.4, -0.2) is 34.0 Å². The Morgan fingerprint density at radius 3 is 2.50 bits per heavy atom. The third kappa shape index (κ3) is 4.31. The van der Waals surface area contributed by atoms with Crippen molar-refractivity contribution < 1.29 is 8.78 Å². The minimum Gasteiger partial charge on any atom is -0.367 e. The number of rotatable bonds is 5. The van der Waals surface area contributed by atoms with Crippen molar-refractivity contribution in [3.63, 3.8) is 0 Å². The van der Waals surface area contributed by atoms with Crippen LogP contribution in [0.25, 0.3) is 10.2 Å². The van der Waals surface area contributed by atoms with E-state index in [4.69, 9.17) is 0 Å². The third-order valence-electron chi connectivity index (χ3n) is 5.17. The van der Waals surface area contributed by atoms with Crippen molar-refractivity contribution in [1.29, 1.82) is 0 Å². The van der Waals surface area contributed by atoms with Gasteiger partial charge in [-0.1, -0.05) is 13.8 Å². The molecular weight excluding hydrogens is 378 g/mol. The van der Waals surface area contributed by atoms with E-state index >= 15 is 0 Å². The zero-order valence-corrected chi connectivity index (χ0v) is 16.9. The topological polar surface area (TPSA) is 41.0 Å². The number of benzene rings is 1. The first-order valence-electron chi connectivity index (χ1n) is 9.66. The summed E-state index contributed by atoms with van der Waals surface area (Å²) >= 11 is 1.72. The fourth-order valence-corrected chi connectivity index (χ4v) is 4.66. The van der Waals surface area contributed by atoms with Gasteiger partial charge in [-0.05, 0) is 42.5 Å². The first-order valence-corrected chi connectivity index (χ1v) is 10.5. The molecule has 0 spiro atoms. The lowest BCUT2D eigenvalue weighted by Crippen LogP contribution is -2.38. The van der Waals surface area contributed by atoms with E-state index in [1.807, 2.05) is 0 Å². The van der Waals surface area contributed by atoms with Crippen LogP contribution < -0.4 is 5.32 Å². The van der Waals surface area contributed by atoms with Gasteiger partial charge in [-0.25, -0.2) is 18.7 Å². The first kappa shape index (κ1) is 19.2. The number of likely N-dealkylation sites (tertiary alicyclic amines) is 1. The molecule has 4 rings (SSSR count). The molecule has 7 heteroatoms. The molecule has 2 aromatic heterocycles. The van der Waals surface area contributed by atoms with E-state index in [1.165, 1.54) is 17.0 Å². The summed E-state index contributed by atoms with van der Waals surface area (Å²) in [5.41, 5.74) is 0.681. The fourth-order valence-electron chi connectivity index (χ4n) is 3.66. The van der Waals surface area contributed by atoms with Crippen LogP contribution >= 0.6 is 11.3 Å². The Labute approximate surface area is 167 Å². The molecular formula is C21H24F2N4S. The molecule has 0 amide bonds. The number of thiophene rings is 1. The molecule has 3 aromatic rings. The minimum atomic E-state index is -0.518. The maximum Gasteiger partial charge on any atom is 0.138 e. The number of hydrogen-bond acceptors (Lipinski definition) is 5. The van der Waals surface area contributed by atoms with Crippen molar-refractivity contribution in [1.82, 2.24) is 14.9 Å². The van der Waals surface area contributed by atoms with Gasteiger partial charge in [0.05, 0.1) is 5.39 Å². The second-order valence-corrected chi connectivity index (χ2v) is 8.78. The van der Waals surface area contributed by atoms with E-state index in [0.29, 0.717) is 24.1 Å². The highest BCUT2D eigenvalue weighted by atomic mass is 32.1. The van der Waals surface area contributed by atoms with Gasteiger partial charge in [0, 0.05) is 36.6 Å². The molecule has 1 saturated heterocycles. The maximum atomic E-state index is 13.4. The highest BCUT2D eigenvalue weighted by Gasteiger charge is 2.21. The van der Waals surface area contributed by atoms with Crippen LogP contribution in [0.3, 0.4) is 0 Å². The highest BCUT2D eigenvalue weighted by Crippen LogP contribution is 2.33. The Bertz CT molecular complexity index is 944. The number of anilines is 1. The standard InChI is InChI=1S/C21H24F2N4S/c1-13(2)19-10-18-20(24-12-25-21(18)28-19)26-17-3-5-27(6-4-17)11-14-7-15(22)9-16(23)8-14/h7-10,12-13,17H,3-6,11H2,1-2H3,(H,24,25,26). The van der Waals surface area contributed by atoms with E-state index in [-0.39, 0.29) is 0 Å². The lowest BCUT2D eigenvalue weighted by molar-refractivity contribution is 0.211. The number of fused-ring (bicyclic) bond motifs is 1. The lowest BCUT2D eigenvalue weighted by atomic mass is 10.0. The van der Waals surface area contributed by atoms with Crippen molar-refractivity contribution in [2.75, 3.05) is 18.4 Å². The SMILES string of the molecule is CC(C)c1cc2c(NC3CCN(Cc4cc(F)cc(F)c4)CC3)ncnc2s1. The average Bonchev–Trinajstić information content (AvgIpc) is 3.08. The maximum absolute atomic E-state index is 13.4. The summed E-state index contributed by atoms with van der Waals surface area (Å²) in [6, 6.07) is 6.26. The third-order valence-corrected chi connectivity index (χ3v) is 6.52. The number of hydrogen-bond donors (Lipinski definition) is 1. The van der Waals surface area contributed by atoms with E-state index in [1.54, 1.807) is 17.7 Å². The van der Waals surface area contributed by atoms with Gasteiger partial charge in [0.25, 0.3) is 0 Å². The predicted octanol–water partition coefficient (Wildman–Crippen LogP) is 5.17. The van der Waals surface area contributed by atoms with Crippen LogP contribution in [0.4, 0.5) is 14.6 Å². The summed E-state index contributed by atoms with van der Waals surface area (Å²) in [5.74, 6) is 0.341. The van der Waals surface area contributed by atoms with Gasteiger partial charge in [0.15, 0.2) is 0 Å². The van der Waals surface area contributed by atoms with Gasteiger partial charge < -0.3 is 5.32 Å². The second kappa shape index (κ2) is 8.09. The van der Waals surface area contributed by atoms with Gasteiger partial charge in [-0.2, -0.15) is 0 Å². The predicted molar refractivity (Wildman–Crippen MR) is 110 cm³/mol. The number of nitrogens with one attached hydrogen (secondary N) is 1. The summed E-state index contributed by atoms with van der Waals surface area (Å²) in [6.07, 6.45) is 3.55. The number of halogens is 2. The smallest absolute Gasteiger partial charge is 0.138 e. The molecule has 1 aromatic carbocycles. The summed E-state index contributed by atoms with van der Waals surface area (Å²) < 4.78 is 26.8. The zero-order valence-electron chi connectivity index (χ0n) is 16.1. The highest BCUT2D eigenvalue weighted by molar-refractivity contribution is 7.18. The Hall–Kier alpha value is -2.12. The number of piperidine rings is 1. The summed E-state index contributed by atoms with van der Waals surface area (Å²) in [4.78, 5) is 13.5. The van der Waals surface area contributed by atoms with Crippen LogP contribution in [0.5, 0.6) is 0 Å². The van der Waals surface area contributed by atoms with E-state index < -0.39 is 11.6 Å². The first-order chi connectivity index (χ1) is 13.5. The molecule has 0 saturated carbocycles. The molecule has 1 aliphatic heterocycles. The molecule has 0 radical (unpaired) electrons. The van der Waals surface area contributed by atoms with Crippen LogP contribution in [-0.2, 0) is 6.54 Å². The van der Waals surface area contributed by atoms with Crippen LogP contribution in [0.1, 0.15) is 43.0 Å². The minimum absolute atomic E-state index is 0.334. The van der Waals surface area contributed by atoms with E-state index in [2.05, 4.69) is 40.1 Å². The van der Waals surface area contributed by atoms with Crippen LogP contribution in [0, 0.1) is 11.6 Å². The molecule has 4 nitrogen and oxygen atoms in total. The molecule has 1 aliphatic rings. The normalized spacial score (nSPS) is 16.2. The summed E-state index contributed by atoms with van der Waals surface area (Å²) in [5, 5.41) is 4.68. The molecule has 0 unspecified atom stereocenters. The fraction of sp³-hybridized carbons (Fsp3) is 0.429. The largest absolute Gasteiger partial charge is 0.367 e. The van der Waals surface area contributed by atoms with Gasteiger partial charge in [0.1, 0.15) is 28.6 Å². The summed E-state index contributed by atoms with van der Waals surface area (Å²) in [6.45, 7) is 6.70. The zero-order chi connectivity index (χ0) is 19.7. The van der Waals surface area contributed by atoms with Gasteiger partial charge in [0.2, 0.25) is 0 Å². The molecule has 0 aliphatic carbocycles. The molecule has 3 heterocycles. The molecule has 1 N–H and O–H groups in total. The second-order valence-electron chi connectivity index (χ2n) is 7.72. The Kier molecular flexibility index (Phi) is 5.55. The molecule has 1 fully saturated rings. The molecule has 0 atom stereocenters. The Morgan fingerprint density at radius 2 is 1.82 bits per heavy atom. The van der Waals surface area contributed by atoms with E-state index in [0.717, 1.165) is 48.0 Å². The molecule has 28 heavy (non-hydrogen) atoms. The average molecular weight is 403 g/mol. The van der Waals surface area contributed by atoms with Crippen molar-refractivity contribution in [3.8, 4) is 0 Å². The molecule has 148 valence electrons. The summed E-state index contributed by atoms with van der Waals surface area (Å²) in [7, 11) is 0. The Morgan fingerprint density at radius 1 is 1.11 bits per heavy atom. The van der Waals surface area contributed by atoms with Gasteiger partial charge >= 0.3 is 0 Å². The molecule has 0 bridgehead atoms. The monoisotopic (exact) mass is 402 g/mol. The van der Waals surface area contributed by atoms with Crippen molar-refractivity contribution in [2.45, 2.75) is 45.2 Å². The van der Waals surface area contributed by atoms with Gasteiger partial charge in [-0.3, -0.25) is 4.90 Å².